The summed E-state index contributed by atoms with van der Waals surface area (Å²) in [5.41, 5.74) is 0. The van der Waals surface area contributed by atoms with Gasteiger partial charge in [0.15, 0.2) is 0 Å². The van der Waals surface area contributed by atoms with Crippen LogP contribution in [0.2, 0.25) is 0 Å². The number of esters is 1. The van der Waals surface area contributed by atoms with Crippen molar-refractivity contribution < 1.29 is 14.3 Å². The summed E-state index contributed by atoms with van der Waals surface area (Å²) in [5, 5.41) is 3.09. The molecule has 0 fully saturated rings. The molecule has 0 saturated carbocycles. The average molecular weight is 300 g/mol. The topological polar surface area (TPSA) is 58.6 Å². The molecule has 1 N–H and O–H groups in total. The molecule has 0 rings (SSSR count). The highest BCUT2D eigenvalue weighted by Crippen LogP contribution is 2.09. The normalized spacial score (nSPS) is 13.6. The average Bonchev–Trinajstić information content (AvgIpc) is 2.46. The van der Waals surface area contributed by atoms with Gasteiger partial charge in [-0.1, -0.05) is 34.1 Å². The van der Waals surface area contributed by atoms with Gasteiger partial charge >= 0.3 is 5.97 Å². The second-order valence-corrected chi connectivity index (χ2v) is 5.38. The van der Waals surface area contributed by atoms with E-state index in [1.807, 2.05) is 18.7 Å². The van der Waals surface area contributed by atoms with Gasteiger partial charge in [-0.05, 0) is 25.7 Å². The Bertz CT molecular complexity index is 302. The Kier molecular flexibility index (Phi) is 10.9. The second kappa shape index (κ2) is 11.5. The molecule has 0 bridgehead atoms. The molecule has 124 valence electrons. The second-order valence-electron chi connectivity index (χ2n) is 5.38. The molecule has 21 heavy (non-hydrogen) atoms. The Labute approximate surface area is 129 Å². The number of carbonyl (C=O) groups is 2. The minimum Gasteiger partial charge on any atom is -0.465 e. The molecular formula is C16H32N2O3. The summed E-state index contributed by atoms with van der Waals surface area (Å²) in [4.78, 5) is 26.1. The maximum absolute atomic E-state index is 12.2. The fraction of sp³-hybridized carbons (Fsp3) is 0.875. The van der Waals surface area contributed by atoms with Crippen molar-refractivity contribution in [1.29, 1.82) is 0 Å². The van der Waals surface area contributed by atoms with Crippen LogP contribution in [-0.2, 0) is 14.3 Å². The maximum Gasteiger partial charge on any atom is 0.323 e. The van der Waals surface area contributed by atoms with Gasteiger partial charge in [-0.25, -0.2) is 0 Å². The van der Waals surface area contributed by atoms with Crippen molar-refractivity contribution in [2.24, 2.45) is 5.92 Å². The summed E-state index contributed by atoms with van der Waals surface area (Å²) in [6.45, 7) is 12.0. The van der Waals surface area contributed by atoms with Gasteiger partial charge in [-0.3, -0.25) is 14.9 Å². The van der Waals surface area contributed by atoms with Crippen LogP contribution in [0.3, 0.4) is 0 Å². The Morgan fingerprint density at radius 2 is 1.67 bits per heavy atom. The highest BCUT2D eigenvalue weighted by atomic mass is 16.5. The minimum absolute atomic E-state index is 0.0521. The van der Waals surface area contributed by atoms with Crippen molar-refractivity contribution in [1.82, 2.24) is 10.2 Å². The molecule has 0 saturated heterocycles. The zero-order valence-corrected chi connectivity index (χ0v) is 14.3. The first-order valence-corrected chi connectivity index (χ1v) is 8.19. The summed E-state index contributed by atoms with van der Waals surface area (Å²) < 4.78 is 5.09. The van der Waals surface area contributed by atoms with Gasteiger partial charge in [-0.15, -0.1) is 0 Å². The fourth-order valence-corrected chi connectivity index (χ4v) is 2.19. The van der Waals surface area contributed by atoms with Crippen LogP contribution in [0.4, 0.5) is 0 Å². The first-order valence-electron chi connectivity index (χ1n) is 8.19. The van der Waals surface area contributed by atoms with Crippen LogP contribution < -0.4 is 5.32 Å². The van der Waals surface area contributed by atoms with E-state index in [-0.39, 0.29) is 24.3 Å². The molecule has 5 heteroatoms. The molecule has 0 aromatic rings. The summed E-state index contributed by atoms with van der Waals surface area (Å²) >= 11 is 0. The van der Waals surface area contributed by atoms with Gasteiger partial charge in [0.05, 0.1) is 13.2 Å². The van der Waals surface area contributed by atoms with E-state index in [2.05, 4.69) is 19.2 Å². The van der Waals surface area contributed by atoms with E-state index in [9.17, 15) is 9.59 Å². The van der Waals surface area contributed by atoms with E-state index in [1.165, 1.54) is 0 Å². The first-order chi connectivity index (χ1) is 10.0. The largest absolute Gasteiger partial charge is 0.465 e. The van der Waals surface area contributed by atoms with Crippen molar-refractivity contribution >= 4 is 11.9 Å². The van der Waals surface area contributed by atoms with Crippen LogP contribution in [0, 0.1) is 5.92 Å². The van der Waals surface area contributed by atoms with E-state index < -0.39 is 6.04 Å². The zero-order chi connectivity index (χ0) is 16.3. The molecule has 1 amide bonds. The molecule has 0 unspecified atom stereocenters. The van der Waals surface area contributed by atoms with Crippen LogP contribution in [0.1, 0.15) is 53.9 Å². The van der Waals surface area contributed by atoms with E-state index in [0.717, 1.165) is 32.4 Å². The quantitative estimate of drug-likeness (QED) is 0.594. The molecule has 0 aromatic carbocycles. The van der Waals surface area contributed by atoms with Crippen LogP contribution in [0.15, 0.2) is 0 Å². The van der Waals surface area contributed by atoms with Crippen LogP contribution in [0.25, 0.3) is 0 Å². The molecule has 0 aromatic heterocycles. The molecule has 0 aliphatic carbocycles. The van der Waals surface area contributed by atoms with Gasteiger partial charge in [0.1, 0.15) is 6.04 Å². The van der Waals surface area contributed by atoms with Gasteiger partial charge < -0.3 is 9.64 Å². The van der Waals surface area contributed by atoms with Crippen molar-refractivity contribution in [3.05, 3.63) is 0 Å². The fourth-order valence-electron chi connectivity index (χ4n) is 2.19. The van der Waals surface area contributed by atoms with Crippen molar-refractivity contribution in [3.63, 3.8) is 0 Å². The Balaban J connectivity index is 4.57. The summed E-state index contributed by atoms with van der Waals surface area (Å²) in [5.74, 6) is -0.0730. The molecular weight excluding hydrogens is 268 g/mol. The Morgan fingerprint density at radius 3 is 2.10 bits per heavy atom. The SMILES string of the molecule is CCCN(CCC)C(=O)CN[C@@H](C(=O)OCC)[C@H](C)CC. The molecule has 0 radical (unpaired) electrons. The first kappa shape index (κ1) is 19.9. The Morgan fingerprint density at radius 1 is 1.10 bits per heavy atom. The molecule has 0 aliphatic rings. The van der Waals surface area contributed by atoms with Gasteiger partial charge in [0.2, 0.25) is 5.91 Å². The lowest BCUT2D eigenvalue weighted by molar-refractivity contribution is -0.147. The number of hydrogen-bond acceptors (Lipinski definition) is 4. The third-order valence-corrected chi connectivity index (χ3v) is 3.57. The van der Waals surface area contributed by atoms with Crippen LogP contribution >= 0.6 is 0 Å². The molecule has 5 nitrogen and oxygen atoms in total. The van der Waals surface area contributed by atoms with Gasteiger partial charge in [0.25, 0.3) is 0 Å². The smallest absolute Gasteiger partial charge is 0.323 e. The standard InChI is InChI=1S/C16H32N2O3/c1-6-10-18(11-7-2)14(19)12-17-15(13(5)8-3)16(20)21-9-4/h13,15,17H,6-12H2,1-5H3/t13-,15-/m1/s1. The number of hydrogen-bond donors (Lipinski definition) is 1. The maximum atomic E-state index is 12.2. The number of amides is 1. The van der Waals surface area contributed by atoms with Crippen molar-refractivity contribution in [3.8, 4) is 0 Å². The molecule has 0 aliphatic heterocycles. The summed E-state index contributed by atoms with van der Waals surface area (Å²) in [6.07, 6.45) is 2.75. The third kappa shape index (κ3) is 7.46. The molecule has 2 atom stereocenters. The summed E-state index contributed by atoms with van der Waals surface area (Å²) in [6, 6.07) is -0.413. The number of rotatable bonds is 11. The predicted molar refractivity (Wildman–Crippen MR) is 85.0 cm³/mol. The lowest BCUT2D eigenvalue weighted by Gasteiger charge is -2.25. The van der Waals surface area contributed by atoms with Crippen LogP contribution in [0.5, 0.6) is 0 Å². The highest BCUT2D eigenvalue weighted by Gasteiger charge is 2.26. The zero-order valence-electron chi connectivity index (χ0n) is 14.3. The minimum atomic E-state index is -0.413. The number of carbonyl (C=O) groups excluding carboxylic acids is 2. The summed E-state index contributed by atoms with van der Waals surface area (Å²) in [7, 11) is 0. The lowest BCUT2D eigenvalue weighted by Crippen LogP contribution is -2.48. The van der Waals surface area contributed by atoms with Crippen LogP contribution in [-0.4, -0.2) is 49.1 Å². The van der Waals surface area contributed by atoms with Crippen molar-refractivity contribution in [2.45, 2.75) is 59.9 Å². The van der Waals surface area contributed by atoms with E-state index in [0.29, 0.717) is 6.61 Å². The molecule has 0 heterocycles. The predicted octanol–water partition coefficient (Wildman–Crippen LogP) is 2.20. The lowest BCUT2D eigenvalue weighted by atomic mass is 9.99. The van der Waals surface area contributed by atoms with E-state index >= 15 is 0 Å². The number of nitrogens with one attached hydrogen (secondary N) is 1. The van der Waals surface area contributed by atoms with E-state index in [4.69, 9.17) is 4.74 Å². The van der Waals surface area contributed by atoms with Gasteiger partial charge in [0, 0.05) is 13.1 Å². The highest BCUT2D eigenvalue weighted by molar-refractivity contribution is 5.80. The number of nitrogens with zero attached hydrogens (tertiary/aromatic N) is 1. The van der Waals surface area contributed by atoms with Gasteiger partial charge in [-0.2, -0.15) is 0 Å². The monoisotopic (exact) mass is 300 g/mol. The van der Waals surface area contributed by atoms with E-state index in [1.54, 1.807) is 6.92 Å². The third-order valence-electron chi connectivity index (χ3n) is 3.57. The molecule has 0 spiro atoms. The van der Waals surface area contributed by atoms with Crippen molar-refractivity contribution in [2.75, 3.05) is 26.2 Å². The number of ether oxygens (including phenoxy) is 1. The Hall–Kier alpha value is -1.10.